The van der Waals surface area contributed by atoms with E-state index in [1.807, 2.05) is 0 Å². The maximum Gasteiger partial charge on any atom is 0.125 e. The fourth-order valence-corrected chi connectivity index (χ4v) is 3.28. The van der Waals surface area contributed by atoms with Crippen LogP contribution in [-0.4, -0.2) is 22.1 Å². The Labute approximate surface area is 119 Å². The van der Waals surface area contributed by atoms with Gasteiger partial charge in [-0.15, -0.1) is 0 Å². The second kappa shape index (κ2) is 5.17. The molecule has 108 valence electrons. The first kappa shape index (κ1) is 13.6. The van der Waals surface area contributed by atoms with Crippen molar-refractivity contribution in [3.63, 3.8) is 0 Å². The van der Waals surface area contributed by atoms with Crippen LogP contribution >= 0.6 is 0 Å². The Morgan fingerprint density at radius 3 is 2.90 bits per heavy atom. The zero-order valence-electron chi connectivity index (χ0n) is 12.4. The lowest BCUT2D eigenvalue weighted by Crippen LogP contribution is -2.35. The molecule has 0 radical (unpaired) electrons. The molecule has 2 heterocycles. The van der Waals surface area contributed by atoms with Crippen LogP contribution in [0.25, 0.3) is 11.0 Å². The SMILES string of the molecule is CC1CC(c2nc3ccc(F)cc3n2C(C)C)CCN1. The standard InChI is InChI=1S/C16H22FN3/c1-10(2)20-15-9-13(17)4-5-14(15)19-16(20)12-6-7-18-11(3)8-12/h4-5,9-12,18H,6-8H2,1-3H3. The molecule has 0 aliphatic carbocycles. The third-order valence-corrected chi connectivity index (χ3v) is 4.18. The molecule has 1 fully saturated rings. The maximum atomic E-state index is 13.5. The van der Waals surface area contributed by atoms with Crippen LogP contribution in [0.1, 0.15) is 51.4 Å². The Morgan fingerprint density at radius 1 is 1.40 bits per heavy atom. The van der Waals surface area contributed by atoms with E-state index in [1.54, 1.807) is 12.1 Å². The topological polar surface area (TPSA) is 29.9 Å². The summed E-state index contributed by atoms with van der Waals surface area (Å²) in [7, 11) is 0. The summed E-state index contributed by atoms with van der Waals surface area (Å²) >= 11 is 0. The summed E-state index contributed by atoms with van der Waals surface area (Å²) in [5.74, 6) is 1.39. The predicted molar refractivity (Wildman–Crippen MR) is 79.5 cm³/mol. The van der Waals surface area contributed by atoms with Crippen molar-refractivity contribution < 1.29 is 4.39 Å². The molecule has 1 aromatic carbocycles. The molecule has 0 amide bonds. The molecule has 3 rings (SSSR count). The van der Waals surface area contributed by atoms with Gasteiger partial charge in [-0.2, -0.15) is 0 Å². The van der Waals surface area contributed by atoms with Crippen molar-refractivity contribution in [3.05, 3.63) is 29.8 Å². The fraction of sp³-hybridized carbons (Fsp3) is 0.562. The monoisotopic (exact) mass is 275 g/mol. The normalized spacial score (nSPS) is 23.6. The highest BCUT2D eigenvalue weighted by Crippen LogP contribution is 2.32. The van der Waals surface area contributed by atoms with Crippen molar-refractivity contribution >= 4 is 11.0 Å². The molecule has 1 saturated heterocycles. The van der Waals surface area contributed by atoms with E-state index in [1.165, 1.54) is 6.07 Å². The number of hydrogen-bond donors (Lipinski definition) is 1. The van der Waals surface area contributed by atoms with E-state index in [9.17, 15) is 4.39 Å². The Morgan fingerprint density at radius 2 is 2.20 bits per heavy atom. The number of imidazole rings is 1. The predicted octanol–water partition coefficient (Wildman–Crippen LogP) is 3.61. The summed E-state index contributed by atoms with van der Waals surface area (Å²) in [6, 6.07) is 5.70. The number of rotatable bonds is 2. The summed E-state index contributed by atoms with van der Waals surface area (Å²) in [6.07, 6.45) is 2.20. The Balaban J connectivity index is 2.11. The van der Waals surface area contributed by atoms with Crippen molar-refractivity contribution in [2.75, 3.05) is 6.54 Å². The van der Waals surface area contributed by atoms with Crippen molar-refractivity contribution in [2.24, 2.45) is 0 Å². The number of halogens is 1. The molecule has 20 heavy (non-hydrogen) atoms. The van der Waals surface area contributed by atoms with Crippen molar-refractivity contribution in [1.82, 2.24) is 14.9 Å². The number of nitrogens with zero attached hydrogens (tertiary/aromatic N) is 2. The van der Waals surface area contributed by atoms with E-state index in [0.29, 0.717) is 18.0 Å². The molecule has 1 aliphatic rings. The Bertz CT molecular complexity index is 617. The summed E-state index contributed by atoms with van der Waals surface area (Å²) < 4.78 is 15.8. The minimum absolute atomic E-state index is 0.190. The summed E-state index contributed by atoms with van der Waals surface area (Å²) in [6.45, 7) is 7.52. The van der Waals surface area contributed by atoms with Gasteiger partial charge >= 0.3 is 0 Å². The quantitative estimate of drug-likeness (QED) is 0.907. The van der Waals surface area contributed by atoms with Gasteiger partial charge in [0.1, 0.15) is 11.6 Å². The molecule has 0 spiro atoms. The van der Waals surface area contributed by atoms with E-state index in [-0.39, 0.29) is 5.82 Å². The van der Waals surface area contributed by atoms with Gasteiger partial charge in [-0.25, -0.2) is 9.37 Å². The van der Waals surface area contributed by atoms with Gasteiger partial charge in [-0.05, 0) is 58.4 Å². The number of piperidine rings is 1. The first-order valence-corrected chi connectivity index (χ1v) is 7.47. The third-order valence-electron chi connectivity index (χ3n) is 4.18. The van der Waals surface area contributed by atoms with Gasteiger partial charge in [0.25, 0.3) is 0 Å². The van der Waals surface area contributed by atoms with Gasteiger partial charge in [-0.1, -0.05) is 0 Å². The minimum atomic E-state index is -0.190. The van der Waals surface area contributed by atoms with E-state index in [4.69, 9.17) is 4.98 Å². The summed E-state index contributed by atoms with van der Waals surface area (Å²) in [4.78, 5) is 4.80. The molecule has 2 atom stereocenters. The molecule has 1 aromatic heterocycles. The zero-order chi connectivity index (χ0) is 14.3. The fourth-order valence-electron chi connectivity index (χ4n) is 3.28. The average Bonchev–Trinajstić information content (AvgIpc) is 2.77. The number of aromatic nitrogens is 2. The van der Waals surface area contributed by atoms with Gasteiger partial charge in [0, 0.05) is 18.0 Å². The second-order valence-electron chi connectivity index (χ2n) is 6.14. The molecule has 0 bridgehead atoms. The van der Waals surface area contributed by atoms with E-state index < -0.39 is 0 Å². The summed E-state index contributed by atoms with van der Waals surface area (Å²) in [5.41, 5.74) is 1.82. The molecule has 2 unspecified atom stereocenters. The van der Waals surface area contributed by atoms with Crippen LogP contribution < -0.4 is 5.32 Å². The van der Waals surface area contributed by atoms with Crippen LogP contribution in [0.15, 0.2) is 18.2 Å². The first-order chi connectivity index (χ1) is 9.56. The van der Waals surface area contributed by atoms with Gasteiger partial charge < -0.3 is 9.88 Å². The Kier molecular flexibility index (Phi) is 3.50. The van der Waals surface area contributed by atoms with Crippen molar-refractivity contribution in [2.45, 2.75) is 51.6 Å². The van der Waals surface area contributed by atoms with E-state index >= 15 is 0 Å². The lowest BCUT2D eigenvalue weighted by molar-refractivity contribution is 0.360. The Hall–Kier alpha value is -1.42. The van der Waals surface area contributed by atoms with Crippen LogP contribution in [0.4, 0.5) is 4.39 Å². The highest BCUT2D eigenvalue weighted by molar-refractivity contribution is 5.76. The number of nitrogens with one attached hydrogen (secondary N) is 1. The molecule has 3 nitrogen and oxygen atoms in total. The molecule has 1 aliphatic heterocycles. The highest BCUT2D eigenvalue weighted by Gasteiger charge is 2.26. The van der Waals surface area contributed by atoms with Gasteiger partial charge in [0.05, 0.1) is 11.0 Å². The summed E-state index contributed by atoms with van der Waals surface area (Å²) in [5, 5.41) is 3.48. The lowest BCUT2D eigenvalue weighted by atomic mass is 9.92. The zero-order valence-corrected chi connectivity index (χ0v) is 12.4. The van der Waals surface area contributed by atoms with Gasteiger partial charge in [0.2, 0.25) is 0 Å². The van der Waals surface area contributed by atoms with Gasteiger partial charge in [0.15, 0.2) is 0 Å². The number of fused-ring (bicyclic) bond motifs is 1. The van der Waals surface area contributed by atoms with Crippen molar-refractivity contribution in [3.8, 4) is 0 Å². The smallest absolute Gasteiger partial charge is 0.125 e. The molecule has 0 saturated carbocycles. The molecule has 4 heteroatoms. The van der Waals surface area contributed by atoms with E-state index in [0.717, 1.165) is 36.2 Å². The highest BCUT2D eigenvalue weighted by atomic mass is 19.1. The van der Waals surface area contributed by atoms with Crippen LogP contribution in [0.5, 0.6) is 0 Å². The molecular formula is C16H22FN3. The maximum absolute atomic E-state index is 13.5. The first-order valence-electron chi connectivity index (χ1n) is 7.47. The van der Waals surface area contributed by atoms with Crippen LogP contribution in [0, 0.1) is 5.82 Å². The van der Waals surface area contributed by atoms with Crippen LogP contribution in [0.2, 0.25) is 0 Å². The molecular weight excluding hydrogens is 253 g/mol. The average molecular weight is 275 g/mol. The third kappa shape index (κ3) is 2.33. The molecule has 1 N–H and O–H groups in total. The lowest BCUT2D eigenvalue weighted by Gasteiger charge is -2.28. The van der Waals surface area contributed by atoms with Crippen LogP contribution in [0.3, 0.4) is 0 Å². The minimum Gasteiger partial charge on any atom is -0.325 e. The second-order valence-corrected chi connectivity index (χ2v) is 6.14. The molecule has 2 aromatic rings. The largest absolute Gasteiger partial charge is 0.325 e. The van der Waals surface area contributed by atoms with Crippen LogP contribution in [-0.2, 0) is 0 Å². The number of hydrogen-bond acceptors (Lipinski definition) is 2. The van der Waals surface area contributed by atoms with Crippen molar-refractivity contribution in [1.29, 1.82) is 0 Å². The van der Waals surface area contributed by atoms with Gasteiger partial charge in [-0.3, -0.25) is 0 Å². The number of benzene rings is 1. The van der Waals surface area contributed by atoms with E-state index in [2.05, 4.69) is 30.7 Å².